The summed E-state index contributed by atoms with van der Waals surface area (Å²) in [5, 5.41) is 8.91. The van der Waals surface area contributed by atoms with Crippen LogP contribution in [0.4, 0.5) is 13.2 Å². The maximum atomic E-state index is 12.0. The van der Waals surface area contributed by atoms with Gasteiger partial charge in [0.25, 0.3) is 0 Å². The van der Waals surface area contributed by atoms with Crippen LogP contribution < -0.4 is 0 Å². The third kappa shape index (κ3) is 3.52. The summed E-state index contributed by atoms with van der Waals surface area (Å²) < 4.78 is 36.1. The molecule has 0 aromatic heterocycles. The molecule has 0 fully saturated rings. The van der Waals surface area contributed by atoms with Gasteiger partial charge in [0.2, 0.25) is 0 Å². The highest BCUT2D eigenvalue weighted by Gasteiger charge is 2.43. The Labute approximate surface area is 76.3 Å². The minimum Gasteiger partial charge on any atom is -0.382 e. The van der Waals surface area contributed by atoms with Gasteiger partial charge in [0.15, 0.2) is 6.10 Å². The van der Waals surface area contributed by atoms with Gasteiger partial charge in [-0.1, -0.05) is 0 Å². The lowest BCUT2D eigenvalue weighted by molar-refractivity contribution is -0.220. The molecule has 0 saturated carbocycles. The van der Waals surface area contributed by atoms with E-state index in [1.54, 1.807) is 20.9 Å². The molecule has 13 heavy (non-hydrogen) atoms. The van der Waals surface area contributed by atoms with Crippen LogP contribution in [0.2, 0.25) is 0 Å². The summed E-state index contributed by atoms with van der Waals surface area (Å²) >= 11 is 0. The van der Waals surface area contributed by atoms with Crippen LogP contribution in [0, 0.1) is 0 Å². The van der Waals surface area contributed by atoms with Gasteiger partial charge in [-0.25, -0.2) is 0 Å². The molecule has 0 amide bonds. The van der Waals surface area contributed by atoms with Crippen molar-refractivity contribution in [3.8, 4) is 0 Å². The van der Waals surface area contributed by atoms with E-state index in [1.165, 1.54) is 11.8 Å². The Kier molecular flexibility index (Phi) is 4.19. The molecule has 0 aliphatic carbocycles. The molecule has 0 radical (unpaired) electrons. The molecule has 0 aliphatic rings. The van der Waals surface area contributed by atoms with Crippen molar-refractivity contribution < 1.29 is 18.3 Å². The average molecular weight is 199 g/mol. The Morgan fingerprint density at radius 2 is 1.54 bits per heavy atom. The van der Waals surface area contributed by atoms with Gasteiger partial charge < -0.3 is 5.11 Å². The first-order valence-corrected chi connectivity index (χ1v) is 4.14. The first kappa shape index (κ1) is 12.7. The molecule has 2 unspecified atom stereocenters. The van der Waals surface area contributed by atoms with E-state index in [9.17, 15) is 13.2 Å². The van der Waals surface area contributed by atoms with E-state index >= 15 is 0 Å². The lowest BCUT2D eigenvalue weighted by Gasteiger charge is -2.32. The summed E-state index contributed by atoms with van der Waals surface area (Å²) in [5.74, 6) is 0. The first-order chi connectivity index (χ1) is 5.68. The number of nitrogens with zero attached hydrogens (tertiary/aromatic N) is 1. The van der Waals surface area contributed by atoms with Crippen LogP contribution in [0.15, 0.2) is 0 Å². The molecule has 5 heteroatoms. The largest absolute Gasteiger partial charge is 0.415 e. The van der Waals surface area contributed by atoms with E-state index < -0.39 is 18.3 Å². The van der Waals surface area contributed by atoms with E-state index in [1.807, 2.05) is 0 Å². The van der Waals surface area contributed by atoms with E-state index in [4.69, 9.17) is 5.11 Å². The summed E-state index contributed by atoms with van der Waals surface area (Å²) in [5.41, 5.74) is 0. The SMILES string of the molecule is CC(C)N(C)C(C)C(O)C(F)(F)F. The van der Waals surface area contributed by atoms with Crippen molar-refractivity contribution >= 4 is 0 Å². The van der Waals surface area contributed by atoms with Gasteiger partial charge in [-0.05, 0) is 27.8 Å². The summed E-state index contributed by atoms with van der Waals surface area (Å²) in [6.45, 7) is 4.91. The monoisotopic (exact) mass is 199 g/mol. The van der Waals surface area contributed by atoms with Crippen LogP contribution in [0.5, 0.6) is 0 Å². The van der Waals surface area contributed by atoms with Crippen molar-refractivity contribution in [1.82, 2.24) is 4.90 Å². The maximum Gasteiger partial charge on any atom is 0.415 e. The van der Waals surface area contributed by atoms with Gasteiger partial charge in [0, 0.05) is 12.1 Å². The minimum atomic E-state index is -4.54. The summed E-state index contributed by atoms with van der Waals surface area (Å²) in [6, 6.07) is -0.938. The van der Waals surface area contributed by atoms with Gasteiger partial charge in [-0.3, -0.25) is 4.90 Å². The number of hydrogen-bond acceptors (Lipinski definition) is 2. The van der Waals surface area contributed by atoms with Gasteiger partial charge >= 0.3 is 6.18 Å². The fourth-order valence-corrected chi connectivity index (χ4v) is 0.966. The molecule has 80 valence electrons. The third-order valence-corrected chi connectivity index (χ3v) is 2.25. The van der Waals surface area contributed by atoms with Crippen LogP contribution in [0.1, 0.15) is 20.8 Å². The number of rotatable bonds is 3. The highest BCUT2D eigenvalue weighted by molar-refractivity contribution is 4.79. The molecule has 0 aromatic rings. The number of aliphatic hydroxyl groups is 1. The Morgan fingerprint density at radius 3 is 1.77 bits per heavy atom. The average Bonchev–Trinajstić information content (AvgIpc) is 1.98. The number of halogens is 3. The second-order valence-electron chi connectivity index (χ2n) is 3.49. The smallest absolute Gasteiger partial charge is 0.382 e. The molecular formula is C8H16F3NO. The van der Waals surface area contributed by atoms with Crippen LogP contribution >= 0.6 is 0 Å². The Bertz CT molecular complexity index is 158. The molecule has 2 atom stereocenters. The highest BCUT2D eigenvalue weighted by atomic mass is 19.4. The van der Waals surface area contributed by atoms with E-state index in [2.05, 4.69) is 0 Å². The molecule has 1 N–H and O–H groups in total. The number of hydrogen-bond donors (Lipinski definition) is 1. The lowest BCUT2D eigenvalue weighted by atomic mass is 10.1. The summed E-state index contributed by atoms with van der Waals surface area (Å²) in [4.78, 5) is 1.48. The van der Waals surface area contributed by atoms with E-state index in [-0.39, 0.29) is 6.04 Å². The van der Waals surface area contributed by atoms with Crippen molar-refractivity contribution in [3.05, 3.63) is 0 Å². The Hall–Kier alpha value is -0.290. The number of likely N-dealkylation sites (N-methyl/N-ethyl adjacent to an activating group) is 1. The predicted octanol–water partition coefficient (Wildman–Crippen LogP) is 1.64. The molecule has 0 heterocycles. The predicted molar refractivity (Wildman–Crippen MR) is 44.4 cm³/mol. The Morgan fingerprint density at radius 1 is 1.15 bits per heavy atom. The van der Waals surface area contributed by atoms with Crippen LogP contribution in [-0.2, 0) is 0 Å². The molecule has 0 spiro atoms. The van der Waals surface area contributed by atoms with Crippen molar-refractivity contribution in [2.45, 2.75) is 45.1 Å². The van der Waals surface area contributed by atoms with Crippen LogP contribution in [0.25, 0.3) is 0 Å². The highest BCUT2D eigenvalue weighted by Crippen LogP contribution is 2.24. The molecule has 0 rings (SSSR count). The fourth-order valence-electron chi connectivity index (χ4n) is 0.966. The molecule has 0 aliphatic heterocycles. The molecule has 0 bridgehead atoms. The van der Waals surface area contributed by atoms with E-state index in [0.717, 1.165) is 0 Å². The second kappa shape index (κ2) is 4.28. The van der Waals surface area contributed by atoms with Crippen LogP contribution in [-0.4, -0.2) is 41.4 Å². The molecule has 0 aromatic carbocycles. The van der Waals surface area contributed by atoms with Gasteiger partial charge in [0.1, 0.15) is 0 Å². The summed E-state index contributed by atoms with van der Waals surface area (Å²) in [7, 11) is 1.56. The fraction of sp³-hybridized carbons (Fsp3) is 1.00. The molecule has 2 nitrogen and oxygen atoms in total. The topological polar surface area (TPSA) is 23.5 Å². The van der Waals surface area contributed by atoms with Crippen molar-refractivity contribution in [3.63, 3.8) is 0 Å². The zero-order valence-corrected chi connectivity index (χ0v) is 8.26. The third-order valence-electron chi connectivity index (χ3n) is 2.25. The summed E-state index contributed by atoms with van der Waals surface area (Å²) in [6.07, 6.45) is -6.82. The van der Waals surface area contributed by atoms with Gasteiger partial charge in [0.05, 0.1) is 0 Å². The molecule has 0 saturated heterocycles. The molecular weight excluding hydrogens is 183 g/mol. The normalized spacial score (nSPS) is 18.0. The standard InChI is InChI=1S/C8H16F3NO/c1-5(2)12(4)6(3)7(13)8(9,10)11/h5-7,13H,1-4H3. The maximum absolute atomic E-state index is 12.0. The zero-order valence-electron chi connectivity index (χ0n) is 8.26. The first-order valence-electron chi connectivity index (χ1n) is 4.14. The number of aliphatic hydroxyl groups excluding tert-OH is 1. The zero-order chi connectivity index (χ0) is 10.8. The number of alkyl halides is 3. The van der Waals surface area contributed by atoms with Gasteiger partial charge in [-0.2, -0.15) is 13.2 Å². The van der Waals surface area contributed by atoms with Crippen molar-refractivity contribution in [1.29, 1.82) is 0 Å². The van der Waals surface area contributed by atoms with Gasteiger partial charge in [-0.15, -0.1) is 0 Å². The van der Waals surface area contributed by atoms with Crippen LogP contribution in [0.3, 0.4) is 0 Å². The lowest BCUT2D eigenvalue weighted by Crippen LogP contribution is -2.49. The Balaban J connectivity index is 4.34. The van der Waals surface area contributed by atoms with E-state index in [0.29, 0.717) is 0 Å². The minimum absolute atomic E-state index is 0.0213. The van der Waals surface area contributed by atoms with Crippen molar-refractivity contribution in [2.75, 3.05) is 7.05 Å². The second-order valence-corrected chi connectivity index (χ2v) is 3.49. The van der Waals surface area contributed by atoms with Crippen molar-refractivity contribution in [2.24, 2.45) is 0 Å². The quantitative estimate of drug-likeness (QED) is 0.746.